The summed E-state index contributed by atoms with van der Waals surface area (Å²) in [4.78, 5) is 39.5. The van der Waals surface area contributed by atoms with Gasteiger partial charge < -0.3 is 10.1 Å². The highest BCUT2D eigenvalue weighted by atomic mass is 35.5. The Hall–Kier alpha value is -2.31. The number of amides is 1. The number of methoxy groups -OCH3 is 1. The summed E-state index contributed by atoms with van der Waals surface area (Å²) >= 11 is 19.6. The molecule has 0 radical (unpaired) electrons. The molecule has 38 heavy (non-hydrogen) atoms. The van der Waals surface area contributed by atoms with E-state index in [1.54, 1.807) is 34.5 Å². The summed E-state index contributed by atoms with van der Waals surface area (Å²) < 4.78 is 22.3. The molecule has 0 saturated heterocycles. The molecule has 0 aliphatic carbocycles. The molecule has 3 aromatic rings. The Balaban J connectivity index is 0.000000260. The molecule has 0 atom stereocenters. The number of ether oxygens (including phenoxy) is 1. The number of benzene rings is 2. The van der Waals surface area contributed by atoms with Gasteiger partial charge in [0.1, 0.15) is 11.5 Å². The number of carbonyl (C=O) groups excluding carboxylic acids is 2. The topological polar surface area (TPSA) is 94.7 Å². The zero-order valence-electron chi connectivity index (χ0n) is 20.4. The van der Waals surface area contributed by atoms with Crippen LogP contribution in [0.3, 0.4) is 0 Å². The highest BCUT2D eigenvalue weighted by molar-refractivity contribution is 8.00. The fraction of sp³-hybridized carbons (Fsp3) is 0.333. The first-order valence-electron chi connectivity index (χ1n) is 11.4. The van der Waals surface area contributed by atoms with Crippen LogP contribution < -0.4 is 15.0 Å². The predicted octanol–water partition coefficient (Wildman–Crippen LogP) is 6.14. The number of carbonyl (C=O) groups is 2. The molecule has 14 heteroatoms. The van der Waals surface area contributed by atoms with Gasteiger partial charge in [0.15, 0.2) is 0 Å². The fourth-order valence-electron chi connectivity index (χ4n) is 3.25. The van der Waals surface area contributed by atoms with Crippen LogP contribution in [0.5, 0.6) is 0 Å². The lowest BCUT2D eigenvalue weighted by Gasteiger charge is -2.15. The van der Waals surface area contributed by atoms with Crippen molar-refractivity contribution in [1.29, 1.82) is 0 Å². The van der Waals surface area contributed by atoms with Gasteiger partial charge in [0, 0.05) is 30.1 Å². The lowest BCUT2D eigenvalue weighted by molar-refractivity contribution is -0.137. The summed E-state index contributed by atoms with van der Waals surface area (Å²) in [6.07, 6.45) is 2.34. The second-order valence-corrected chi connectivity index (χ2v) is 11.0. The zero-order chi connectivity index (χ0) is 27.8. The lowest BCUT2D eigenvalue weighted by Crippen LogP contribution is -2.31. The van der Waals surface area contributed by atoms with E-state index < -0.39 is 11.8 Å². The fourth-order valence-corrected chi connectivity index (χ4v) is 5.54. The molecule has 2 heterocycles. The third kappa shape index (κ3) is 8.09. The monoisotopic (exact) mass is 620 g/mol. The molecule has 1 aliphatic heterocycles. The molecule has 0 saturated carbocycles. The summed E-state index contributed by atoms with van der Waals surface area (Å²) in [5.41, 5.74) is 0.751. The van der Waals surface area contributed by atoms with Crippen molar-refractivity contribution in [1.82, 2.24) is 9.36 Å². The van der Waals surface area contributed by atoms with E-state index in [0.717, 1.165) is 42.0 Å². The number of fused-ring (bicyclic) bond motifs is 1. The molecular formula is C24H24Cl3FN4O4S2. The van der Waals surface area contributed by atoms with Gasteiger partial charge in [0.2, 0.25) is 10.7 Å². The predicted molar refractivity (Wildman–Crippen MR) is 151 cm³/mol. The van der Waals surface area contributed by atoms with Crippen molar-refractivity contribution in [2.45, 2.75) is 44.2 Å². The van der Waals surface area contributed by atoms with Crippen molar-refractivity contribution >= 4 is 81.2 Å². The average Bonchev–Trinajstić information content (AvgIpc) is 3.22. The average molecular weight is 622 g/mol. The third-order valence-corrected chi connectivity index (χ3v) is 8.27. The summed E-state index contributed by atoms with van der Waals surface area (Å²) in [6, 6.07) is 7.63. The summed E-state index contributed by atoms with van der Waals surface area (Å²) in [5, 5.41) is 3.80. The molecule has 0 bridgehead atoms. The van der Waals surface area contributed by atoms with Crippen molar-refractivity contribution in [3.05, 3.63) is 65.7 Å². The first kappa shape index (κ1) is 30.2. The molecular weight excluding hydrogens is 598 g/mol. The Morgan fingerprint density at radius 3 is 2.47 bits per heavy atom. The van der Waals surface area contributed by atoms with E-state index in [-0.39, 0.29) is 27.2 Å². The van der Waals surface area contributed by atoms with Crippen LogP contribution in [0.4, 0.5) is 15.8 Å². The van der Waals surface area contributed by atoms with Gasteiger partial charge in [0.05, 0.1) is 27.9 Å². The van der Waals surface area contributed by atoms with Crippen molar-refractivity contribution in [3.8, 4) is 0 Å². The number of nitrogens with one attached hydrogen (secondary N) is 1. The van der Waals surface area contributed by atoms with Gasteiger partial charge in [0.25, 0.3) is 0 Å². The van der Waals surface area contributed by atoms with E-state index in [1.807, 2.05) is 0 Å². The minimum atomic E-state index is -0.580. The van der Waals surface area contributed by atoms with Crippen LogP contribution in [0.1, 0.15) is 26.2 Å². The number of nitrogens with zero attached hydrogens (tertiary/aromatic N) is 3. The summed E-state index contributed by atoms with van der Waals surface area (Å²) in [5.74, 6) is -0.966. The number of hydrogen-bond acceptors (Lipinski definition) is 7. The largest absolute Gasteiger partial charge is 0.468 e. The van der Waals surface area contributed by atoms with Crippen molar-refractivity contribution < 1.29 is 18.7 Å². The van der Waals surface area contributed by atoms with Gasteiger partial charge in [-0.15, -0.1) is 11.8 Å². The minimum absolute atomic E-state index is 0.0432. The first-order chi connectivity index (χ1) is 18.1. The molecule has 4 rings (SSSR count). The van der Waals surface area contributed by atoms with Crippen LogP contribution >= 0.6 is 57.9 Å². The van der Waals surface area contributed by atoms with Crippen LogP contribution in [0.25, 0.3) is 0 Å². The standard InChI is InChI=1S/C15H15ClFN3O3S2.C9H9Cl2NO/c1-23-13(21)8-24-12-7-11(10(17)6-9(12)16)18-14-19-4-2-3-5-20(19)15(22)25-14;1-2-9(13)12-6-3-4-7(10)8(11)5-6/h6-7H,2-5,8H2,1H3;3-5H,2H2,1H3,(H,12,13)/b18-14-;. The van der Waals surface area contributed by atoms with E-state index >= 15 is 0 Å². The van der Waals surface area contributed by atoms with Gasteiger partial charge in [-0.05, 0) is 54.5 Å². The minimum Gasteiger partial charge on any atom is -0.468 e. The van der Waals surface area contributed by atoms with E-state index in [1.165, 1.54) is 13.2 Å². The van der Waals surface area contributed by atoms with Gasteiger partial charge in [-0.3, -0.25) is 19.1 Å². The Morgan fingerprint density at radius 2 is 1.82 bits per heavy atom. The highest BCUT2D eigenvalue weighted by Crippen LogP contribution is 2.33. The SMILES string of the molecule is CCC(=O)Nc1ccc(Cl)c(Cl)c1.COC(=O)CSc1cc(/N=c2\sc(=O)n3n2CCCC3)c(F)cc1Cl. The molecule has 204 valence electrons. The summed E-state index contributed by atoms with van der Waals surface area (Å²) in [7, 11) is 1.30. The second kappa shape index (κ2) is 14.2. The second-order valence-electron chi connectivity index (χ2n) is 7.85. The molecule has 2 aromatic carbocycles. The van der Waals surface area contributed by atoms with Crippen LogP contribution in [0, 0.1) is 5.82 Å². The van der Waals surface area contributed by atoms with Crippen molar-refractivity contribution in [2.75, 3.05) is 18.2 Å². The highest BCUT2D eigenvalue weighted by Gasteiger charge is 2.15. The van der Waals surface area contributed by atoms with E-state index in [0.29, 0.717) is 44.9 Å². The molecule has 0 spiro atoms. The number of thioether (sulfide) groups is 1. The maximum Gasteiger partial charge on any atom is 0.325 e. The number of rotatable bonds is 6. The summed E-state index contributed by atoms with van der Waals surface area (Å²) in [6.45, 7) is 3.11. The van der Waals surface area contributed by atoms with E-state index in [4.69, 9.17) is 34.8 Å². The molecule has 0 unspecified atom stereocenters. The zero-order valence-corrected chi connectivity index (χ0v) is 24.3. The van der Waals surface area contributed by atoms with Crippen LogP contribution in [0.2, 0.25) is 15.1 Å². The van der Waals surface area contributed by atoms with Gasteiger partial charge in [-0.2, -0.15) is 0 Å². The van der Waals surface area contributed by atoms with Gasteiger partial charge in [-0.1, -0.05) is 41.7 Å². The number of anilines is 1. The number of aromatic nitrogens is 2. The van der Waals surface area contributed by atoms with Gasteiger partial charge >= 0.3 is 10.8 Å². The van der Waals surface area contributed by atoms with Crippen LogP contribution in [0.15, 0.2) is 45.0 Å². The Morgan fingerprint density at radius 1 is 1.11 bits per heavy atom. The molecule has 8 nitrogen and oxygen atoms in total. The van der Waals surface area contributed by atoms with E-state index in [2.05, 4.69) is 15.0 Å². The molecule has 0 fully saturated rings. The van der Waals surface area contributed by atoms with Crippen molar-refractivity contribution in [2.24, 2.45) is 4.99 Å². The number of esters is 1. The smallest absolute Gasteiger partial charge is 0.325 e. The quantitative estimate of drug-likeness (QED) is 0.264. The normalized spacial score (nSPS) is 12.8. The molecule has 1 amide bonds. The Labute approximate surface area is 241 Å². The third-order valence-electron chi connectivity index (χ3n) is 5.21. The Bertz CT molecular complexity index is 1460. The molecule has 1 aliphatic rings. The molecule has 1 N–H and O–H groups in total. The van der Waals surface area contributed by atoms with E-state index in [9.17, 15) is 18.8 Å². The number of hydrogen-bond donors (Lipinski definition) is 1. The Kier molecular flexibility index (Phi) is 11.3. The van der Waals surface area contributed by atoms with Crippen LogP contribution in [-0.4, -0.2) is 34.1 Å². The first-order valence-corrected chi connectivity index (χ1v) is 14.4. The number of halogens is 4. The van der Waals surface area contributed by atoms with Gasteiger partial charge in [-0.25, -0.2) is 14.1 Å². The van der Waals surface area contributed by atoms with Crippen LogP contribution in [-0.2, 0) is 27.4 Å². The molecule has 1 aromatic heterocycles. The lowest BCUT2D eigenvalue weighted by atomic mass is 10.3. The maximum atomic E-state index is 14.3. The van der Waals surface area contributed by atoms with Crippen molar-refractivity contribution in [3.63, 3.8) is 0 Å². The maximum absolute atomic E-state index is 14.3.